The molecule has 1 aromatic carbocycles. The number of rotatable bonds is 3. The van der Waals surface area contributed by atoms with E-state index in [1.165, 1.54) is 12.4 Å². The molecular formula is C10H6Cl3N3O4S. The lowest BCUT2D eigenvalue weighted by Gasteiger charge is -2.16. The molecule has 0 unspecified atom stereocenters. The summed E-state index contributed by atoms with van der Waals surface area (Å²) in [7, 11) is -4.07. The molecule has 0 aliphatic rings. The quantitative estimate of drug-likeness (QED) is 0.470. The summed E-state index contributed by atoms with van der Waals surface area (Å²) in [5.41, 5.74) is -0.698. The summed E-state index contributed by atoms with van der Waals surface area (Å²) in [4.78, 5) is 13.3. The third-order valence-electron chi connectivity index (χ3n) is 2.51. The summed E-state index contributed by atoms with van der Waals surface area (Å²) in [6, 6.07) is 2.95. The second-order valence-corrected chi connectivity index (χ2v) is 7.93. The number of nitrogens with zero attached hydrogens (tertiary/aromatic N) is 3. The van der Waals surface area contributed by atoms with Crippen molar-refractivity contribution >= 4 is 50.5 Å². The number of imidazole rings is 1. The fourth-order valence-electron chi connectivity index (χ4n) is 1.58. The van der Waals surface area contributed by atoms with Crippen LogP contribution in [0, 0.1) is 10.1 Å². The average molecular weight is 371 g/mol. The summed E-state index contributed by atoms with van der Waals surface area (Å²) in [6.45, 7) is 0. The van der Waals surface area contributed by atoms with Crippen molar-refractivity contribution in [2.75, 3.05) is 0 Å². The Bertz CT molecular complexity index is 784. The minimum absolute atomic E-state index is 0.310. The zero-order valence-corrected chi connectivity index (χ0v) is 13.1. The summed E-state index contributed by atoms with van der Waals surface area (Å²) in [6.07, 6.45) is 3.51. The first-order chi connectivity index (χ1) is 9.64. The molecule has 112 valence electrons. The third kappa shape index (κ3) is 3.13. The van der Waals surface area contributed by atoms with Gasteiger partial charge in [-0.15, -0.1) is 0 Å². The zero-order valence-electron chi connectivity index (χ0n) is 9.98. The smallest absolute Gasteiger partial charge is 0.258 e. The fraction of sp³-hybridized carbons (Fsp3) is 0.100. The van der Waals surface area contributed by atoms with Crippen molar-refractivity contribution in [3.8, 4) is 0 Å². The van der Waals surface area contributed by atoms with Gasteiger partial charge in [-0.3, -0.25) is 10.1 Å². The van der Waals surface area contributed by atoms with E-state index in [1.54, 1.807) is 0 Å². The Morgan fingerprint density at radius 3 is 2.43 bits per heavy atom. The van der Waals surface area contributed by atoms with Crippen molar-refractivity contribution in [3.63, 3.8) is 0 Å². The van der Waals surface area contributed by atoms with Gasteiger partial charge in [-0.05, 0) is 6.07 Å². The van der Waals surface area contributed by atoms with Crippen molar-refractivity contribution in [3.05, 3.63) is 52.6 Å². The number of nitro groups is 1. The standard InChI is InChI=1S/C10H6Cl3N3O4S/c11-10(12,13)8-5-7(16(17)18)1-2-9(8)21(19,20)15-4-3-14-6-15/h1-6H. The Kier molecular flexibility index (Phi) is 4.16. The molecule has 7 nitrogen and oxygen atoms in total. The average Bonchev–Trinajstić information content (AvgIpc) is 2.91. The van der Waals surface area contributed by atoms with Crippen LogP contribution in [0.5, 0.6) is 0 Å². The topological polar surface area (TPSA) is 95.1 Å². The van der Waals surface area contributed by atoms with Gasteiger partial charge in [0, 0.05) is 30.1 Å². The Hall–Kier alpha value is -1.35. The van der Waals surface area contributed by atoms with E-state index < -0.39 is 18.7 Å². The zero-order chi connectivity index (χ0) is 15.8. The fourth-order valence-corrected chi connectivity index (χ4v) is 3.57. The maximum Gasteiger partial charge on any atom is 0.269 e. The first-order valence-electron chi connectivity index (χ1n) is 5.23. The van der Waals surface area contributed by atoms with Crippen LogP contribution >= 0.6 is 34.8 Å². The van der Waals surface area contributed by atoms with Gasteiger partial charge in [-0.2, -0.15) is 0 Å². The van der Waals surface area contributed by atoms with Crippen LogP contribution in [0.25, 0.3) is 0 Å². The molecule has 11 heteroatoms. The van der Waals surface area contributed by atoms with E-state index in [2.05, 4.69) is 4.98 Å². The Morgan fingerprint density at radius 1 is 1.29 bits per heavy atom. The van der Waals surface area contributed by atoms with E-state index in [-0.39, 0.29) is 16.1 Å². The van der Waals surface area contributed by atoms with Gasteiger partial charge < -0.3 is 0 Å². The molecule has 0 atom stereocenters. The highest BCUT2D eigenvalue weighted by Gasteiger charge is 2.33. The highest BCUT2D eigenvalue weighted by atomic mass is 35.6. The molecule has 0 bridgehead atoms. The Labute approximate surface area is 134 Å². The highest BCUT2D eigenvalue weighted by molar-refractivity contribution is 7.90. The van der Waals surface area contributed by atoms with Crippen LogP contribution in [0.4, 0.5) is 5.69 Å². The van der Waals surface area contributed by atoms with Crippen molar-refractivity contribution < 1.29 is 13.3 Å². The van der Waals surface area contributed by atoms with Crippen molar-refractivity contribution in [1.29, 1.82) is 0 Å². The first-order valence-corrected chi connectivity index (χ1v) is 7.80. The number of non-ortho nitro benzene ring substituents is 1. The summed E-state index contributed by atoms with van der Waals surface area (Å²) < 4.78 is 23.5. The minimum atomic E-state index is -4.07. The SMILES string of the molecule is O=[N+]([O-])c1ccc(S(=O)(=O)n2ccnc2)c(C(Cl)(Cl)Cl)c1. The van der Waals surface area contributed by atoms with Crippen LogP contribution in [0.3, 0.4) is 0 Å². The van der Waals surface area contributed by atoms with Gasteiger partial charge in [0.2, 0.25) is 3.79 Å². The van der Waals surface area contributed by atoms with Gasteiger partial charge in [0.1, 0.15) is 6.33 Å². The molecule has 21 heavy (non-hydrogen) atoms. The summed E-state index contributed by atoms with van der Waals surface area (Å²) >= 11 is 17.2. The maximum atomic E-state index is 12.4. The van der Waals surface area contributed by atoms with E-state index in [0.717, 1.165) is 28.5 Å². The number of hydrogen-bond donors (Lipinski definition) is 0. The predicted octanol–water partition coefficient (Wildman–Crippen LogP) is 2.86. The Balaban J connectivity index is 2.73. The van der Waals surface area contributed by atoms with Gasteiger partial charge in [0.25, 0.3) is 15.7 Å². The van der Waals surface area contributed by atoms with Crippen molar-refractivity contribution in [1.82, 2.24) is 8.96 Å². The van der Waals surface area contributed by atoms with Gasteiger partial charge in [-0.25, -0.2) is 17.4 Å². The molecule has 0 saturated heterocycles. The molecule has 1 aromatic heterocycles. The molecule has 0 fully saturated rings. The molecule has 0 radical (unpaired) electrons. The number of hydrogen-bond acceptors (Lipinski definition) is 5. The van der Waals surface area contributed by atoms with Gasteiger partial charge in [0.15, 0.2) is 0 Å². The van der Waals surface area contributed by atoms with Crippen LogP contribution in [0.2, 0.25) is 0 Å². The predicted molar refractivity (Wildman–Crippen MR) is 77.1 cm³/mol. The van der Waals surface area contributed by atoms with Crippen LogP contribution in [-0.4, -0.2) is 22.3 Å². The monoisotopic (exact) mass is 369 g/mol. The number of halogens is 3. The van der Waals surface area contributed by atoms with Crippen molar-refractivity contribution in [2.45, 2.75) is 8.69 Å². The van der Waals surface area contributed by atoms with Crippen LogP contribution in [0.1, 0.15) is 5.56 Å². The number of benzene rings is 1. The van der Waals surface area contributed by atoms with Crippen molar-refractivity contribution in [2.24, 2.45) is 0 Å². The second-order valence-electron chi connectivity index (χ2n) is 3.83. The van der Waals surface area contributed by atoms with E-state index in [4.69, 9.17) is 34.8 Å². The minimum Gasteiger partial charge on any atom is -0.258 e. The first kappa shape index (κ1) is 16.0. The molecule has 1 heterocycles. The number of aromatic nitrogens is 2. The van der Waals surface area contributed by atoms with E-state index in [0.29, 0.717) is 0 Å². The molecule has 0 aliphatic carbocycles. The highest BCUT2D eigenvalue weighted by Crippen LogP contribution is 2.43. The number of nitro benzene ring substituents is 1. The lowest BCUT2D eigenvalue weighted by atomic mass is 10.2. The number of alkyl halides is 3. The largest absolute Gasteiger partial charge is 0.269 e. The third-order valence-corrected chi connectivity index (χ3v) is 4.81. The van der Waals surface area contributed by atoms with Crippen LogP contribution in [0.15, 0.2) is 41.8 Å². The van der Waals surface area contributed by atoms with E-state index in [9.17, 15) is 18.5 Å². The molecule has 2 rings (SSSR count). The van der Waals surface area contributed by atoms with Crippen LogP contribution in [-0.2, 0) is 13.8 Å². The molecule has 0 N–H and O–H groups in total. The Morgan fingerprint density at radius 2 is 1.95 bits per heavy atom. The summed E-state index contributed by atoms with van der Waals surface area (Å²) in [5, 5.41) is 10.8. The lowest BCUT2D eigenvalue weighted by molar-refractivity contribution is -0.385. The van der Waals surface area contributed by atoms with Gasteiger partial charge in [0.05, 0.1) is 9.82 Å². The van der Waals surface area contributed by atoms with E-state index >= 15 is 0 Å². The van der Waals surface area contributed by atoms with Gasteiger partial charge >= 0.3 is 0 Å². The molecule has 0 saturated carbocycles. The molecule has 2 aromatic rings. The van der Waals surface area contributed by atoms with E-state index in [1.807, 2.05) is 0 Å². The normalized spacial score (nSPS) is 12.3. The van der Waals surface area contributed by atoms with Gasteiger partial charge in [-0.1, -0.05) is 34.8 Å². The molecule has 0 amide bonds. The molecular weight excluding hydrogens is 365 g/mol. The molecule has 0 aliphatic heterocycles. The summed E-state index contributed by atoms with van der Waals surface area (Å²) in [5.74, 6) is 0. The maximum absolute atomic E-state index is 12.4. The lowest BCUT2D eigenvalue weighted by Crippen LogP contribution is -2.16. The molecule has 0 spiro atoms. The second kappa shape index (κ2) is 5.45. The van der Waals surface area contributed by atoms with Crippen LogP contribution < -0.4 is 0 Å².